The lowest BCUT2D eigenvalue weighted by molar-refractivity contribution is -0.133. The summed E-state index contributed by atoms with van der Waals surface area (Å²) in [5.41, 5.74) is 1.83. The van der Waals surface area contributed by atoms with Crippen molar-refractivity contribution in [1.29, 1.82) is 0 Å². The van der Waals surface area contributed by atoms with E-state index in [-0.39, 0.29) is 33.8 Å². The van der Waals surface area contributed by atoms with E-state index in [1.54, 1.807) is 42.5 Å². The van der Waals surface area contributed by atoms with E-state index in [1.165, 1.54) is 17.7 Å². The van der Waals surface area contributed by atoms with Gasteiger partial charge in [0.25, 0.3) is 0 Å². The zero-order chi connectivity index (χ0) is 25.9. The number of rotatable bonds is 7. The van der Waals surface area contributed by atoms with Gasteiger partial charge in [0.2, 0.25) is 0 Å². The Bertz CT molecular complexity index is 1600. The Morgan fingerprint density at radius 3 is 2.54 bits per heavy atom. The molecule has 0 saturated heterocycles. The van der Waals surface area contributed by atoms with Crippen LogP contribution in [0.4, 0.5) is 8.78 Å². The Balaban J connectivity index is 1.55. The molecule has 2 heterocycles. The number of benzene rings is 3. The number of hydrogen-bond acceptors (Lipinski definition) is 7. The van der Waals surface area contributed by atoms with Crippen LogP contribution in [0.25, 0.3) is 33.7 Å². The molecule has 0 saturated carbocycles. The van der Waals surface area contributed by atoms with Crippen molar-refractivity contribution in [2.75, 3.05) is 12.9 Å². The number of aromatic nitrogens is 5. The monoisotopic (exact) mass is 519 g/mol. The van der Waals surface area contributed by atoms with Crippen molar-refractivity contribution in [2.45, 2.75) is 5.16 Å². The number of aliphatic hydroxyl groups excluding tert-OH is 1. The van der Waals surface area contributed by atoms with Crippen LogP contribution in [-0.4, -0.2) is 48.7 Å². The fraction of sp³-hybridized carbons (Fsp3) is 0.0769. The molecule has 8 nitrogen and oxygen atoms in total. The maximum atomic E-state index is 14.8. The number of hydrogen-bond donors (Lipinski definition) is 2. The number of methoxy groups -OCH3 is 1. The minimum Gasteiger partial charge on any atom is -0.510 e. The number of H-pyrrole nitrogens is 1. The molecule has 5 rings (SSSR count). The first-order chi connectivity index (χ1) is 18.0. The van der Waals surface area contributed by atoms with Gasteiger partial charge in [-0.2, -0.15) is 0 Å². The van der Waals surface area contributed by atoms with Gasteiger partial charge in [-0.3, -0.25) is 4.57 Å². The van der Waals surface area contributed by atoms with Gasteiger partial charge >= 0.3 is 5.97 Å². The summed E-state index contributed by atoms with van der Waals surface area (Å²) >= 11 is 1.01. The van der Waals surface area contributed by atoms with Gasteiger partial charge in [-0.25, -0.2) is 18.6 Å². The number of aromatic amines is 1. The molecule has 0 amide bonds. The van der Waals surface area contributed by atoms with Crippen molar-refractivity contribution in [3.63, 3.8) is 0 Å². The standard InChI is InChI=1S/C26H19F2N5O3S/c1-36-25(35)22(23-29-18-9-5-6-10-19(18)30-23)21(34)14-37-26-32-31-24(15-7-3-2-4-8-15)33(26)20-12-11-16(27)13-17(20)28/h2-13,34H,14H2,1H3,(H,29,30)/b22-21+. The van der Waals surface area contributed by atoms with Crippen molar-refractivity contribution >= 4 is 34.3 Å². The number of fused-ring (bicyclic) bond motifs is 1. The highest BCUT2D eigenvalue weighted by atomic mass is 32.2. The molecular formula is C26H19F2N5O3S. The molecule has 0 unspecified atom stereocenters. The summed E-state index contributed by atoms with van der Waals surface area (Å²) in [6.07, 6.45) is 0. The Hall–Kier alpha value is -4.51. The first kappa shape index (κ1) is 24.2. The average molecular weight is 520 g/mol. The molecule has 5 aromatic rings. The van der Waals surface area contributed by atoms with E-state index in [1.807, 2.05) is 12.1 Å². The van der Waals surface area contributed by atoms with Crippen molar-refractivity contribution < 1.29 is 23.4 Å². The first-order valence-corrected chi connectivity index (χ1v) is 12.0. The summed E-state index contributed by atoms with van der Waals surface area (Å²) in [4.78, 5) is 20.0. The Morgan fingerprint density at radius 1 is 1.05 bits per heavy atom. The number of nitrogens with one attached hydrogen (secondary N) is 1. The second-order valence-corrected chi connectivity index (χ2v) is 8.75. The molecule has 2 N–H and O–H groups in total. The smallest absolute Gasteiger partial charge is 0.345 e. The lowest BCUT2D eigenvalue weighted by Gasteiger charge is -2.12. The van der Waals surface area contributed by atoms with Gasteiger partial charge in [-0.15, -0.1) is 10.2 Å². The van der Waals surface area contributed by atoms with Crippen molar-refractivity contribution in [2.24, 2.45) is 0 Å². The molecule has 0 aliphatic rings. The minimum atomic E-state index is -0.809. The molecule has 0 spiro atoms. The zero-order valence-electron chi connectivity index (χ0n) is 19.4. The van der Waals surface area contributed by atoms with Gasteiger partial charge in [-0.05, 0) is 24.3 Å². The summed E-state index contributed by atoms with van der Waals surface area (Å²) < 4.78 is 34.8. The highest BCUT2D eigenvalue weighted by Crippen LogP contribution is 2.31. The molecule has 0 fully saturated rings. The quantitative estimate of drug-likeness (QED) is 0.130. The number of carbonyl (C=O) groups excluding carboxylic acids is 1. The molecule has 0 aliphatic carbocycles. The van der Waals surface area contributed by atoms with Crippen LogP contribution in [0, 0.1) is 11.6 Å². The first-order valence-electron chi connectivity index (χ1n) is 11.0. The van der Waals surface area contributed by atoms with Gasteiger partial charge in [-0.1, -0.05) is 54.2 Å². The fourth-order valence-electron chi connectivity index (χ4n) is 3.75. The van der Waals surface area contributed by atoms with Crippen molar-refractivity contribution in [3.05, 3.63) is 96.0 Å². The van der Waals surface area contributed by atoms with Crippen LogP contribution < -0.4 is 0 Å². The van der Waals surface area contributed by atoms with Crippen LogP contribution in [-0.2, 0) is 9.53 Å². The fourth-order valence-corrected chi connectivity index (χ4v) is 4.57. The zero-order valence-corrected chi connectivity index (χ0v) is 20.2. The van der Waals surface area contributed by atoms with Gasteiger partial charge in [0.15, 0.2) is 11.0 Å². The van der Waals surface area contributed by atoms with E-state index < -0.39 is 17.6 Å². The van der Waals surface area contributed by atoms with Crippen molar-refractivity contribution in [1.82, 2.24) is 24.7 Å². The normalized spacial score (nSPS) is 12.0. The molecule has 11 heteroatoms. The molecule has 37 heavy (non-hydrogen) atoms. The second kappa shape index (κ2) is 10.2. The lowest BCUT2D eigenvalue weighted by atomic mass is 10.2. The van der Waals surface area contributed by atoms with Crippen molar-refractivity contribution in [3.8, 4) is 17.1 Å². The third-order valence-electron chi connectivity index (χ3n) is 5.46. The summed E-state index contributed by atoms with van der Waals surface area (Å²) in [7, 11) is 1.20. The number of halogens is 2. The van der Waals surface area contributed by atoms with Gasteiger partial charge < -0.3 is 14.8 Å². The summed E-state index contributed by atoms with van der Waals surface area (Å²) in [6.45, 7) is 0. The van der Waals surface area contributed by atoms with Crippen LogP contribution in [0.15, 0.2) is 83.7 Å². The topological polar surface area (TPSA) is 106 Å². The van der Waals surface area contributed by atoms with Crippen LogP contribution >= 0.6 is 11.8 Å². The average Bonchev–Trinajstić information content (AvgIpc) is 3.52. The molecule has 0 aliphatic heterocycles. The van der Waals surface area contributed by atoms with E-state index in [0.717, 1.165) is 23.9 Å². The van der Waals surface area contributed by atoms with E-state index >= 15 is 0 Å². The third kappa shape index (κ3) is 4.81. The highest BCUT2D eigenvalue weighted by molar-refractivity contribution is 7.99. The number of ether oxygens (including phenoxy) is 1. The second-order valence-electron chi connectivity index (χ2n) is 7.81. The van der Waals surface area contributed by atoms with E-state index in [2.05, 4.69) is 20.2 Å². The van der Waals surface area contributed by atoms with E-state index in [4.69, 9.17) is 4.74 Å². The van der Waals surface area contributed by atoms with E-state index in [0.29, 0.717) is 22.4 Å². The maximum absolute atomic E-state index is 14.8. The Labute approximate surface area is 213 Å². The van der Waals surface area contributed by atoms with Gasteiger partial charge in [0.1, 0.15) is 28.8 Å². The van der Waals surface area contributed by atoms with Crippen LogP contribution in [0.2, 0.25) is 0 Å². The number of para-hydroxylation sites is 2. The van der Waals surface area contributed by atoms with Gasteiger partial charge in [0, 0.05) is 11.6 Å². The summed E-state index contributed by atoms with van der Waals surface area (Å²) in [5.74, 6) is -2.32. The molecule has 0 radical (unpaired) electrons. The van der Waals surface area contributed by atoms with E-state index in [9.17, 15) is 18.7 Å². The molecule has 3 aromatic carbocycles. The largest absolute Gasteiger partial charge is 0.510 e. The molecule has 0 bridgehead atoms. The van der Waals surface area contributed by atoms with Gasteiger partial charge in [0.05, 0.1) is 29.6 Å². The van der Waals surface area contributed by atoms with Crippen LogP contribution in [0.5, 0.6) is 0 Å². The summed E-state index contributed by atoms with van der Waals surface area (Å²) in [5, 5.41) is 19.5. The molecular weight excluding hydrogens is 500 g/mol. The number of esters is 1. The molecule has 186 valence electrons. The maximum Gasteiger partial charge on any atom is 0.345 e. The highest BCUT2D eigenvalue weighted by Gasteiger charge is 2.24. The number of imidazole rings is 1. The Kier molecular flexibility index (Phi) is 6.69. The number of aliphatic hydroxyl groups is 1. The number of carbonyl (C=O) groups is 1. The SMILES string of the molecule is COC(=O)/C(=C(/O)CSc1nnc(-c2ccccc2)n1-c1ccc(F)cc1F)c1nc2ccccc2[nH]1. The predicted octanol–water partition coefficient (Wildman–Crippen LogP) is 5.32. The predicted molar refractivity (Wildman–Crippen MR) is 135 cm³/mol. The number of nitrogens with zero attached hydrogens (tertiary/aromatic N) is 4. The molecule has 2 aromatic heterocycles. The number of thioether (sulfide) groups is 1. The van der Waals surface area contributed by atoms with Crippen LogP contribution in [0.1, 0.15) is 5.82 Å². The minimum absolute atomic E-state index is 0.0293. The molecule has 0 atom stereocenters. The lowest BCUT2D eigenvalue weighted by Crippen LogP contribution is -2.10. The third-order valence-corrected chi connectivity index (χ3v) is 6.40. The Morgan fingerprint density at radius 2 is 1.81 bits per heavy atom. The van der Waals surface area contributed by atoms with Crippen LogP contribution in [0.3, 0.4) is 0 Å². The summed E-state index contributed by atoms with van der Waals surface area (Å²) in [6, 6.07) is 19.3.